The van der Waals surface area contributed by atoms with E-state index in [0.29, 0.717) is 6.42 Å². The smallest absolute Gasteiger partial charge is 0.308 e. The van der Waals surface area contributed by atoms with Crippen molar-refractivity contribution in [3.05, 3.63) is 0 Å². The molecule has 0 aromatic heterocycles. The Balaban J connectivity index is 3.38. The van der Waals surface area contributed by atoms with E-state index in [1.807, 2.05) is 6.92 Å². The summed E-state index contributed by atoms with van der Waals surface area (Å²) in [5.74, 6) is -0.647. The van der Waals surface area contributed by atoms with Crippen LogP contribution in [0.4, 0.5) is 0 Å². The molecule has 0 aromatic carbocycles. The number of hydrogen-bond acceptors (Lipinski definition) is 4. The number of esters is 2. The van der Waals surface area contributed by atoms with Gasteiger partial charge in [0.25, 0.3) is 0 Å². The third-order valence-corrected chi connectivity index (χ3v) is 1.52. The molecule has 0 saturated heterocycles. The van der Waals surface area contributed by atoms with Gasteiger partial charge < -0.3 is 9.47 Å². The Kier molecular flexibility index (Phi) is 6.80. The zero-order valence-corrected chi connectivity index (χ0v) is 9.04. The summed E-state index contributed by atoms with van der Waals surface area (Å²) in [5.41, 5.74) is 0. The van der Waals surface area contributed by atoms with Crippen LogP contribution < -0.4 is 0 Å². The number of rotatable bonds is 6. The molecule has 82 valence electrons. The fraction of sp³-hybridized carbons (Fsp3) is 0.800. The third kappa shape index (κ3) is 6.46. The summed E-state index contributed by atoms with van der Waals surface area (Å²) < 4.78 is 9.61. The van der Waals surface area contributed by atoms with E-state index < -0.39 is 0 Å². The molecule has 0 spiro atoms. The molecule has 0 aliphatic rings. The summed E-state index contributed by atoms with van der Waals surface area (Å²) in [4.78, 5) is 21.8. The monoisotopic (exact) mass is 202 g/mol. The van der Waals surface area contributed by atoms with Crippen LogP contribution in [-0.2, 0) is 19.1 Å². The lowest BCUT2D eigenvalue weighted by Gasteiger charge is -2.07. The SMILES string of the molecule is CCCC(=O)OCCOC(=O)C(C)C. The highest BCUT2D eigenvalue weighted by molar-refractivity contribution is 5.71. The molecule has 0 unspecified atom stereocenters. The van der Waals surface area contributed by atoms with Crippen LogP contribution in [0.3, 0.4) is 0 Å². The Morgan fingerprint density at radius 2 is 1.71 bits per heavy atom. The molecule has 0 fully saturated rings. The van der Waals surface area contributed by atoms with Crippen molar-refractivity contribution >= 4 is 11.9 Å². The molecule has 0 aliphatic carbocycles. The second-order valence-electron chi connectivity index (χ2n) is 3.29. The topological polar surface area (TPSA) is 52.6 Å². The molecule has 0 aliphatic heterocycles. The Morgan fingerprint density at radius 3 is 2.21 bits per heavy atom. The summed E-state index contributed by atoms with van der Waals surface area (Å²) in [7, 11) is 0. The summed E-state index contributed by atoms with van der Waals surface area (Å²) in [6.07, 6.45) is 1.18. The van der Waals surface area contributed by atoms with Crippen LogP contribution >= 0.6 is 0 Å². The van der Waals surface area contributed by atoms with Crippen LogP contribution in [0.1, 0.15) is 33.6 Å². The third-order valence-electron chi connectivity index (χ3n) is 1.52. The molecule has 0 saturated carbocycles. The Bertz CT molecular complexity index is 187. The van der Waals surface area contributed by atoms with Crippen molar-refractivity contribution in [2.45, 2.75) is 33.6 Å². The van der Waals surface area contributed by atoms with Crippen molar-refractivity contribution in [2.24, 2.45) is 5.92 Å². The molecule has 14 heavy (non-hydrogen) atoms. The van der Waals surface area contributed by atoms with Crippen LogP contribution in [0.5, 0.6) is 0 Å². The van der Waals surface area contributed by atoms with Crippen molar-refractivity contribution in [3.63, 3.8) is 0 Å². The van der Waals surface area contributed by atoms with E-state index in [9.17, 15) is 9.59 Å². The maximum Gasteiger partial charge on any atom is 0.308 e. The lowest BCUT2D eigenvalue weighted by atomic mass is 10.2. The van der Waals surface area contributed by atoms with Gasteiger partial charge in [-0.25, -0.2) is 0 Å². The molecule has 0 bridgehead atoms. The van der Waals surface area contributed by atoms with E-state index in [2.05, 4.69) is 0 Å². The maximum atomic E-state index is 11.0. The second kappa shape index (κ2) is 7.35. The average molecular weight is 202 g/mol. The molecule has 0 amide bonds. The predicted octanol–water partition coefficient (Wildman–Crippen LogP) is 1.53. The van der Waals surface area contributed by atoms with Gasteiger partial charge in [-0.1, -0.05) is 20.8 Å². The molecule has 0 N–H and O–H groups in total. The van der Waals surface area contributed by atoms with Gasteiger partial charge in [-0.3, -0.25) is 9.59 Å². The van der Waals surface area contributed by atoms with E-state index in [1.165, 1.54) is 0 Å². The first-order chi connectivity index (χ1) is 6.57. The molecule has 0 heterocycles. The van der Waals surface area contributed by atoms with Crippen molar-refractivity contribution in [2.75, 3.05) is 13.2 Å². The molecule has 0 atom stereocenters. The highest BCUT2D eigenvalue weighted by Crippen LogP contribution is 1.96. The molecule has 0 aromatic rings. The minimum absolute atomic E-state index is 0.138. The summed E-state index contributed by atoms with van der Waals surface area (Å²) in [5, 5.41) is 0. The lowest BCUT2D eigenvalue weighted by Crippen LogP contribution is -2.16. The van der Waals surface area contributed by atoms with Gasteiger partial charge in [0, 0.05) is 6.42 Å². The lowest BCUT2D eigenvalue weighted by molar-refractivity contribution is -0.154. The van der Waals surface area contributed by atoms with Crippen molar-refractivity contribution in [3.8, 4) is 0 Å². The molecule has 4 heteroatoms. The quantitative estimate of drug-likeness (QED) is 0.484. The van der Waals surface area contributed by atoms with Gasteiger partial charge in [0.2, 0.25) is 0 Å². The zero-order valence-electron chi connectivity index (χ0n) is 9.04. The Hall–Kier alpha value is -1.06. The molecule has 0 radical (unpaired) electrons. The summed E-state index contributed by atoms with van der Waals surface area (Å²) in [6.45, 7) is 5.71. The number of carbonyl (C=O) groups is 2. The van der Waals surface area contributed by atoms with Gasteiger partial charge in [-0.05, 0) is 6.42 Å². The number of ether oxygens (including phenoxy) is 2. The van der Waals surface area contributed by atoms with E-state index in [-0.39, 0.29) is 31.1 Å². The molecular weight excluding hydrogens is 184 g/mol. The van der Waals surface area contributed by atoms with Gasteiger partial charge in [-0.15, -0.1) is 0 Å². The largest absolute Gasteiger partial charge is 0.462 e. The van der Waals surface area contributed by atoms with Crippen LogP contribution in [0.2, 0.25) is 0 Å². The van der Waals surface area contributed by atoms with Crippen LogP contribution in [0, 0.1) is 5.92 Å². The van der Waals surface area contributed by atoms with E-state index in [0.717, 1.165) is 6.42 Å². The molecular formula is C10H18O4. The standard InChI is InChI=1S/C10H18O4/c1-4-5-9(11)13-6-7-14-10(12)8(2)3/h8H,4-7H2,1-3H3. The fourth-order valence-corrected chi connectivity index (χ4v) is 0.741. The molecule has 4 nitrogen and oxygen atoms in total. The summed E-state index contributed by atoms with van der Waals surface area (Å²) in [6, 6.07) is 0. The van der Waals surface area contributed by atoms with Crippen molar-refractivity contribution in [1.82, 2.24) is 0 Å². The van der Waals surface area contributed by atoms with E-state index in [1.54, 1.807) is 13.8 Å². The first-order valence-corrected chi connectivity index (χ1v) is 4.90. The Labute approximate surface area is 84.6 Å². The number of hydrogen-bond donors (Lipinski definition) is 0. The fourth-order valence-electron chi connectivity index (χ4n) is 0.741. The van der Waals surface area contributed by atoms with Crippen LogP contribution in [0.25, 0.3) is 0 Å². The Morgan fingerprint density at radius 1 is 1.14 bits per heavy atom. The number of carbonyl (C=O) groups excluding carboxylic acids is 2. The van der Waals surface area contributed by atoms with Gasteiger partial charge >= 0.3 is 11.9 Å². The average Bonchev–Trinajstić information content (AvgIpc) is 2.12. The van der Waals surface area contributed by atoms with Crippen molar-refractivity contribution < 1.29 is 19.1 Å². The van der Waals surface area contributed by atoms with E-state index >= 15 is 0 Å². The highest BCUT2D eigenvalue weighted by Gasteiger charge is 2.08. The highest BCUT2D eigenvalue weighted by atomic mass is 16.6. The van der Waals surface area contributed by atoms with Gasteiger partial charge in [0.05, 0.1) is 5.92 Å². The maximum absolute atomic E-state index is 11.0. The van der Waals surface area contributed by atoms with Gasteiger partial charge in [-0.2, -0.15) is 0 Å². The first-order valence-electron chi connectivity index (χ1n) is 4.90. The van der Waals surface area contributed by atoms with Crippen LogP contribution in [0.15, 0.2) is 0 Å². The second-order valence-corrected chi connectivity index (χ2v) is 3.29. The minimum Gasteiger partial charge on any atom is -0.462 e. The normalized spacial score (nSPS) is 10.0. The zero-order chi connectivity index (χ0) is 11.0. The van der Waals surface area contributed by atoms with Crippen molar-refractivity contribution in [1.29, 1.82) is 0 Å². The van der Waals surface area contributed by atoms with E-state index in [4.69, 9.17) is 9.47 Å². The predicted molar refractivity (Wildman–Crippen MR) is 51.7 cm³/mol. The minimum atomic E-state index is -0.267. The van der Waals surface area contributed by atoms with Gasteiger partial charge in [0.15, 0.2) is 0 Å². The van der Waals surface area contributed by atoms with Crippen LogP contribution in [-0.4, -0.2) is 25.2 Å². The molecule has 0 rings (SSSR count). The first kappa shape index (κ1) is 12.9. The summed E-state index contributed by atoms with van der Waals surface area (Å²) >= 11 is 0. The van der Waals surface area contributed by atoms with Gasteiger partial charge in [0.1, 0.15) is 13.2 Å².